The highest BCUT2D eigenvalue weighted by Crippen LogP contribution is 2.11. The van der Waals surface area contributed by atoms with E-state index in [-0.39, 0.29) is 19.1 Å². The highest BCUT2D eigenvalue weighted by atomic mass is 16.6. The first-order chi connectivity index (χ1) is 11.7. The lowest BCUT2D eigenvalue weighted by Crippen LogP contribution is -2.51. The Bertz CT molecular complexity index is 689. The zero-order chi connectivity index (χ0) is 16.8. The number of hydrogen-bond acceptors (Lipinski definition) is 4. The maximum atomic E-state index is 12.2. The fourth-order valence-electron chi connectivity index (χ4n) is 2.55. The Morgan fingerprint density at radius 1 is 1.04 bits per heavy atom. The van der Waals surface area contributed by atoms with E-state index in [2.05, 4.69) is 4.98 Å². The number of amides is 2. The number of piperazine rings is 1. The molecule has 1 saturated heterocycles. The van der Waals surface area contributed by atoms with Crippen LogP contribution in [0.4, 0.5) is 4.79 Å². The lowest BCUT2D eigenvalue weighted by Gasteiger charge is -2.33. The number of carbonyl (C=O) groups excluding carboxylic acids is 2. The van der Waals surface area contributed by atoms with Crippen LogP contribution < -0.4 is 0 Å². The standard InChI is InChI=1S/C18H19N3O3/c22-17-13-21(18(23)24-14-16-4-2-1-3-5-16)11-10-20(17)12-15-6-8-19-9-7-15/h1-9H,10-14H2. The summed E-state index contributed by atoms with van der Waals surface area (Å²) in [6.07, 6.45) is 2.96. The monoisotopic (exact) mass is 325 g/mol. The van der Waals surface area contributed by atoms with E-state index in [0.29, 0.717) is 19.6 Å². The van der Waals surface area contributed by atoms with Crippen LogP contribution in [0.25, 0.3) is 0 Å². The highest BCUT2D eigenvalue weighted by molar-refractivity contribution is 5.83. The maximum Gasteiger partial charge on any atom is 0.410 e. The van der Waals surface area contributed by atoms with E-state index in [1.807, 2.05) is 42.5 Å². The SMILES string of the molecule is O=C1CN(C(=O)OCc2ccccc2)CCN1Cc1ccncc1. The van der Waals surface area contributed by atoms with Gasteiger partial charge in [0.15, 0.2) is 0 Å². The van der Waals surface area contributed by atoms with Crippen LogP contribution in [-0.2, 0) is 22.7 Å². The molecule has 0 aliphatic carbocycles. The van der Waals surface area contributed by atoms with Crippen LogP contribution in [0, 0.1) is 0 Å². The molecule has 6 nitrogen and oxygen atoms in total. The summed E-state index contributed by atoms with van der Waals surface area (Å²) in [5.74, 6) is -0.0743. The first-order valence-electron chi connectivity index (χ1n) is 7.84. The molecule has 0 spiro atoms. The van der Waals surface area contributed by atoms with Crippen molar-refractivity contribution in [3.05, 3.63) is 66.0 Å². The Kier molecular flexibility index (Phi) is 5.05. The minimum atomic E-state index is -0.448. The van der Waals surface area contributed by atoms with E-state index in [1.165, 1.54) is 4.90 Å². The number of ether oxygens (including phenoxy) is 1. The molecule has 0 saturated carbocycles. The molecule has 1 fully saturated rings. The quantitative estimate of drug-likeness (QED) is 0.863. The molecule has 1 aromatic heterocycles. The van der Waals surface area contributed by atoms with E-state index in [1.54, 1.807) is 17.3 Å². The van der Waals surface area contributed by atoms with E-state index < -0.39 is 6.09 Å². The van der Waals surface area contributed by atoms with Crippen LogP contribution in [0.3, 0.4) is 0 Å². The molecule has 3 rings (SSSR count). The van der Waals surface area contributed by atoms with Gasteiger partial charge in [-0.05, 0) is 23.3 Å². The average Bonchev–Trinajstić information content (AvgIpc) is 2.63. The topological polar surface area (TPSA) is 62.7 Å². The molecule has 6 heteroatoms. The van der Waals surface area contributed by atoms with Crippen molar-refractivity contribution in [1.82, 2.24) is 14.8 Å². The normalized spacial score (nSPS) is 14.6. The molecule has 2 aromatic rings. The Morgan fingerprint density at radius 3 is 2.50 bits per heavy atom. The van der Waals surface area contributed by atoms with Gasteiger partial charge in [-0.2, -0.15) is 0 Å². The molecule has 1 aromatic carbocycles. The van der Waals surface area contributed by atoms with Gasteiger partial charge in [0.25, 0.3) is 0 Å². The number of rotatable bonds is 4. The summed E-state index contributed by atoms with van der Waals surface area (Å²) in [4.78, 5) is 31.5. The smallest absolute Gasteiger partial charge is 0.410 e. The number of nitrogens with zero attached hydrogens (tertiary/aromatic N) is 3. The van der Waals surface area contributed by atoms with Crippen molar-refractivity contribution in [3.63, 3.8) is 0 Å². The van der Waals surface area contributed by atoms with Crippen LogP contribution in [0.2, 0.25) is 0 Å². The number of carbonyl (C=O) groups is 2. The zero-order valence-electron chi connectivity index (χ0n) is 13.3. The molecule has 1 aliphatic heterocycles. The van der Waals surface area contributed by atoms with Crippen molar-refractivity contribution in [2.75, 3.05) is 19.6 Å². The number of benzene rings is 1. The molecule has 24 heavy (non-hydrogen) atoms. The Hall–Kier alpha value is -2.89. The maximum absolute atomic E-state index is 12.2. The third-order valence-electron chi connectivity index (χ3n) is 3.90. The Balaban J connectivity index is 1.49. The molecular weight excluding hydrogens is 306 g/mol. The minimum absolute atomic E-state index is 0.0543. The van der Waals surface area contributed by atoms with Gasteiger partial charge in [-0.3, -0.25) is 14.7 Å². The van der Waals surface area contributed by atoms with Crippen molar-refractivity contribution in [1.29, 1.82) is 0 Å². The Morgan fingerprint density at radius 2 is 1.79 bits per heavy atom. The summed E-state index contributed by atoms with van der Waals surface area (Å²) in [5, 5.41) is 0. The van der Waals surface area contributed by atoms with Gasteiger partial charge in [-0.1, -0.05) is 30.3 Å². The van der Waals surface area contributed by atoms with E-state index in [9.17, 15) is 9.59 Å². The molecule has 0 atom stereocenters. The van der Waals surface area contributed by atoms with Crippen molar-refractivity contribution in [2.24, 2.45) is 0 Å². The summed E-state index contributed by atoms with van der Waals surface area (Å²) in [6.45, 7) is 1.78. The summed E-state index contributed by atoms with van der Waals surface area (Å²) < 4.78 is 5.28. The van der Waals surface area contributed by atoms with E-state index in [0.717, 1.165) is 11.1 Å². The fourth-order valence-corrected chi connectivity index (χ4v) is 2.55. The molecule has 2 heterocycles. The highest BCUT2D eigenvalue weighted by Gasteiger charge is 2.27. The second-order valence-corrected chi connectivity index (χ2v) is 5.63. The van der Waals surface area contributed by atoms with Crippen LogP contribution >= 0.6 is 0 Å². The van der Waals surface area contributed by atoms with Gasteiger partial charge < -0.3 is 9.64 Å². The molecule has 0 N–H and O–H groups in total. The minimum Gasteiger partial charge on any atom is -0.445 e. The predicted molar refractivity (Wildman–Crippen MR) is 87.9 cm³/mol. The number of pyridine rings is 1. The van der Waals surface area contributed by atoms with Gasteiger partial charge in [-0.25, -0.2) is 4.79 Å². The summed E-state index contributed by atoms with van der Waals surface area (Å²) in [6, 6.07) is 13.2. The van der Waals surface area contributed by atoms with Crippen LogP contribution in [-0.4, -0.2) is 46.4 Å². The van der Waals surface area contributed by atoms with Crippen molar-refractivity contribution in [2.45, 2.75) is 13.2 Å². The second-order valence-electron chi connectivity index (χ2n) is 5.63. The Labute approximate surface area is 140 Å². The summed E-state index contributed by atoms with van der Waals surface area (Å²) in [7, 11) is 0. The van der Waals surface area contributed by atoms with E-state index >= 15 is 0 Å². The first kappa shape index (κ1) is 16.0. The molecule has 0 unspecified atom stereocenters. The van der Waals surface area contributed by atoms with Crippen molar-refractivity contribution >= 4 is 12.0 Å². The van der Waals surface area contributed by atoms with Crippen molar-refractivity contribution < 1.29 is 14.3 Å². The van der Waals surface area contributed by atoms with Crippen molar-refractivity contribution in [3.8, 4) is 0 Å². The average molecular weight is 325 g/mol. The summed E-state index contributed by atoms with van der Waals surface area (Å²) >= 11 is 0. The van der Waals surface area contributed by atoms with Gasteiger partial charge >= 0.3 is 6.09 Å². The number of hydrogen-bond donors (Lipinski definition) is 0. The van der Waals surface area contributed by atoms with Crippen LogP contribution in [0.5, 0.6) is 0 Å². The summed E-state index contributed by atoms with van der Waals surface area (Å²) in [5.41, 5.74) is 1.95. The third-order valence-corrected chi connectivity index (χ3v) is 3.90. The molecule has 2 amide bonds. The second kappa shape index (κ2) is 7.59. The molecule has 0 radical (unpaired) electrons. The number of aromatic nitrogens is 1. The van der Waals surface area contributed by atoms with Gasteiger partial charge in [-0.15, -0.1) is 0 Å². The van der Waals surface area contributed by atoms with Gasteiger partial charge in [0, 0.05) is 32.0 Å². The third kappa shape index (κ3) is 4.10. The van der Waals surface area contributed by atoms with Crippen LogP contribution in [0.15, 0.2) is 54.9 Å². The van der Waals surface area contributed by atoms with Gasteiger partial charge in [0.1, 0.15) is 13.2 Å². The van der Waals surface area contributed by atoms with Gasteiger partial charge in [0.2, 0.25) is 5.91 Å². The van der Waals surface area contributed by atoms with E-state index in [4.69, 9.17) is 4.74 Å². The fraction of sp³-hybridized carbons (Fsp3) is 0.278. The molecule has 1 aliphatic rings. The first-order valence-corrected chi connectivity index (χ1v) is 7.84. The molecular formula is C18H19N3O3. The molecule has 124 valence electrons. The lowest BCUT2D eigenvalue weighted by molar-refractivity contribution is -0.136. The van der Waals surface area contributed by atoms with Gasteiger partial charge in [0.05, 0.1) is 0 Å². The molecule has 0 bridgehead atoms. The zero-order valence-corrected chi connectivity index (χ0v) is 13.3. The lowest BCUT2D eigenvalue weighted by atomic mass is 10.2. The predicted octanol–water partition coefficient (Wildman–Crippen LogP) is 2.06. The largest absolute Gasteiger partial charge is 0.445 e. The van der Waals surface area contributed by atoms with Crippen LogP contribution in [0.1, 0.15) is 11.1 Å².